The smallest absolute Gasteiger partial charge is 0.240 e. The molecule has 1 unspecified atom stereocenters. The van der Waals surface area contributed by atoms with Crippen LogP contribution in [0.3, 0.4) is 0 Å². The zero-order valence-corrected chi connectivity index (χ0v) is 14.4. The first kappa shape index (κ1) is 19.8. The van der Waals surface area contributed by atoms with Crippen molar-refractivity contribution in [1.82, 2.24) is 10.0 Å². The molecule has 0 radical (unpaired) electrons. The summed E-state index contributed by atoms with van der Waals surface area (Å²) in [6.07, 6.45) is 1.99. The number of hydrogen-bond acceptors (Lipinski definition) is 4. The molecule has 3 N–H and O–H groups in total. The third-order valence-corrected chi connectivity index (χ3v) is 4.94. The minimum Gasteiger partial charge on any atom is -0.324 e. The van der Waals surface area contributed by atoms with Crippen LogP contribution in [0, 0.1) is 11.7 Å². The Bertz CT molecular complexity index is 649. The van der Waals surface area contributed by atoms with Gasteiger partial charge in [0, 0.05) is 13.5 Å². The molecule has 1 aromatic rings. The summed E-state index contributed by atoms with van der Waals surface area (Å²) in [7, 11) is -3.73. The lowest BCUT2D eigenvalue weighted by Crippen LogP contribution is -2.38. The molecule has 1 fully saturated rings. The Kier molecular flexibility index (Phi) is 7.40. The van der Waals surface area contributed by atoms with E-state index in [0.29, 0.717) is 6.54 Å². The van der Waals surface area contributed by atoms with Crippen LogP contribution in [0.25, 0.3) is 0 Å². The van der Waals surface area contributed by atoms with Gasteiger partial charge in [-0.3, -0.25) is 4.79 Å². The molecule has 0 saturated carbocycles. The standard InChI is InChI=1S/C14H20FN3O3S.ClH/c1-10(19)18-14-7-12(4-5-13(14)15)22(20,21)17-9-11-3-2-6-16-8-11;/h4-5,7,11,16-17H,2-3,6,8-9H2,1H3,(H,18,19);1H. The fraction of sp³-hybridized carbons (Fsp3) is 0.500. The lowest BCUT2D eigenvalue weighted by molar-refractivity contribution is -0.114. The maximum Gasteiger partial charge on any atom is 0.240 e. The summed E-state index contributed by atoms with van der Waals surface area (Å²) in [5.74, 6) is -0.890. The fourth-order valence-electron chi connectivity index (χ4n) is 2.37. The van der Waals surface area contributed by atoms with Gasteiger partial charge in [0.1, 0.15) is 5.82 Å². The molecular weight excluding hydrogens is 345 g/mol. The highest BCUT2D eigenvalue weighted by atomic mass is 35.5. The number of sulfonamides is 1. The van der Waals surface area contributed by atoms with Gasteiger partial charge in [-0.1, -0.05) is 0 Å². The molecule has 1 amide bonds. The molecule has 9 heteroatoms. The molecule has 1 aliphatic rings. The summed E-state index contributed by atoms with van der Waals surface area (Å²) in [6, 6.07) is 3.34. The van der Waals surface area contributed by atoms with Crippen molar-refractivity contribution in [2.75, 3.05) is 25.0 Å². The Morgan fingerprint density at radius 3 is 2.78 bits per heavy atom. The van der Waals surface area contributed by atoms with Crippen molar-refractivity contribution in [2.24, 2.45) is 5.92 Å². The van der Waals surface area contributed by atoms with Crippen LogP contribution in [0.15, 0.2) is 23.1 Å². The van der Waals surface area contributed by atoms with Crippen LogP contribution in [0.4, 0.5) is 10.1 Å². The average molecular weight is 366 g/mol. The van der Waals surface area contributed by atoms with E-state index in [1.54, 1.807) is 0 Å². The first-order valence-corrected chi connectivity index (χ1v) is 8.64. The Balaban J connectivity index is 0.00000264. The Morgan fingerprint density at radius 2 is 2.17 bits per heavy atom. The van der Waals surface area contributed by atoms with Gasteiger partial charge in [0.2, 0.25) is 15.9 Å². The van der Waals surface area contributed by atoms with E-state index in [2.05, 4.69) is 15.4 Å². The zero-order chi connectivity index (χ0) is 16.2. The summed E-state index contributed by atoms with van der Waals surface area (Å²) in [5.41, 5.74) is -0.144. The number of hydrogen-bond donors (Lipinski definition) is 3. The Morgan fingerprint density at radius 1 is 1.43 bits per heavy atom. The van der Waals surface area contributed by atoms with Gasteiger partial charge >= 0.3 is 0 Å². The van der Waals surface area contributed by atoms with Gasteiger partial charge in [0.15, 0.2) is 0 Å². The van der Waals surface area contributed by atoms with Crippen molar-refractivity contribution in [3.63, 3.8) is 0 Å². The fourth-order valence-corrected chi connectivity index (χ4v) is 3.51. The molecule has 0 spiro atoms. The van der Waals surface area contributed by atoms with Gasteiger partial charge in [0.05, 0.1) is 10.6 Å². The number of benzene rings is 1. The van der Waals surface area contributed by atoms with Crippen LogP contribution in [0.2, 0.25) is 0 Å². The van der Waals surface area contributed by atoms with Crippen molar-refractivity contribution in [2.45, 2.75) is 24.7 Å². The van der Waals surface area contributed by atoms with Crippen LogP contribution < -0.4 is 15.4 Å². The minimum absolute atomic E-state index is 0. The molecule has 0 bridgehead atoms. The predicted molar refractivity (Wildman–Crippen MR) is 88.7 cm³/mol. The summed E-state index contributed by atoms with van der Waals surface area (Å²) in [4.78, 5) is 10.9. The SMILES string of the molecule is CC(=O)Nc1cc(S(=O)(=O)NCC2CCCNC2)ccc1F.Cl. The molecule has 0 aliphatic carbocycles. The molecule has 1 aliphatic heterocycles. The van der Waals surface area contributed by atoms with Crippen LogP contribution >= 0.6 is 12.4 Å². The van der Waals surface area contributed by atoms with Crippen LogP contribution in [-0.4, -0.2) is 34.0 Å². The van der Waals surface area contributed by atoms with Crippen molar-refractivity contribution in [1.29, 1.82) is 0 Å². The van der Waals surface area contributed by atoms with Crippen LogP contribution in [0.5, 0.6) is 0 Å². The highest BCUT2D eigenvalue weighted by molar-refractivity contribution is 7.89. The highest BCUT2D eigenvalue weighted by Gasteiger charge is 2.20. The number of anilines is 1. The normalized spacial score (nSPS) is 18.1. The average Bonchev–Trinajstić information content (AvgIpc) is 2.48. The molecule has 0 aromatic heterocycles. The molecule has 23 heavy (non-hydrogen) atoms. The molecule has 1 heterocycles. The summed E-state index contributed by atoms with van der Waals surface area (Å²) in [6.45, 7) is 3.31. The molecule has 130 valence electrons. The molecule has 2 rings (SSSR count). The molecule has 1 aromatic carbocycles. The number of carbonyl (C=O) groups is 1. The van der Waals surface area contributed by atoms with E-state index >= 15 is 0 Å². The van der Waals surface area contributed by atoms with Gasteiger partial charge in [-0.05, 0) is 50.0 Å². The van der Waals surface area contributed by atoms with E-state index in [-0.39, 0.29) is 28.9 Å². The van der Waals surface area contributed by atoms with Gasteiger partial charge in [-0.15, -0.1) is 12.4 Å². The van der Waals surface area contributed by atoms with Crippen molar-refractivity contribution < 1.29 is 17.6 Å². The number of halogens is 2. The quantitative estimate of drug-likeness (QED) is 0.737. The molecular formula is C14H21ClFN3O3S. The lowest BCUT2D eigenvalue weighted by Gasteiger charge is -2.22. The van der Waals surface area contributed by atoms with Gasteiger partial charge in [-0.2, -0.15) is 0 Å². The Hall–Kier alpha value is -1.22. The number of nitrogens with one attached hydrogen (secondary N) is 3. The maximum atomic E-state index is 13.6. The predicted octanol–water partition coefficient (Wildman–Crippen LogP) is 1.48. The summed E-state index contributed by atoms with van der Waals surface area (Å²) in [5, 5.41) is 5.49. The first-order chi connectivity index (χ1) is 10.4. The molecule has 6 nitrogen and oxygen atoms in total. The van der Waals surface area contributed by atoms with E-state index in [4.69, 9.17) is 0 Å². The lowest BCUT2D eigenvalue weighted by atomic mass is 10.0. The second-order valence-corrected chi connectivity index (χ2v) is 7.15. The number of carbonyl (C=O) groups excluding carboxylic acids is 1. The summed E-state index contributed by atoms with van der Waals surface area (Å²) < 4.78 is 40.6. The summed E-state index contributed by atoms with van der Waals surface area (Å²) >= 11 is 0. The molecule has 1 saturated heterocycles. The number of rotatable bonds is 5. The molecule has 1 atom stereocenters. The monoisotopic (exact) mass is 365 g/mol. The van der Waals surface area contributed by atoms with E-state index in [1.165, 1.54) is 13.0 Å². The van der Waals surface area contributed by atoms with Gasteiger partial charge in [0.25, 0.3) is 0 Å². The van der Waals surface area contributed by atoms with E-state index in [1.807, 2.05) is 0 Å². The largest absolute Gasteiger partial charge is 0.324 e. The van der Waals surface area contributed by atoms with E-state index in [9.17, 15) is 17.6 Å². The van der Waals surface area contributed by atoms with E-state index < -0.39 is 21.7 Å². The number of piperidine rings is 1. The third-order valence-electron chi connectivity index (χ3n) is 3.52. The van der Waals surface area contributed by atoms with Gasteiger partial charge < -0.3 is 10.6 Å². The topological polar surface area (TPSA) is 87.3 Å². The van der Waals surface area contributed by atoms with Crippen molar-refractivity contribution in [3.8, 4) is 0 Å². The van der Waals surface area contributed by atoms with Crippen molar-refractivity contribution >= 4 is 34.0 Å². The van der Waals surface area contributed by atoms with Gasteiger partial charge in [-0.25, -0.2) is 17.5 Å². The van der Waals surface area contributed by atoms with Crippen LogP contribution in [-0.2, 0) is 14.8 Å². The van der Waals surface area contributed by atoms with Crippen LogP contribution in [0.1, 0.15) is 19.8 Å². The minimum atomic E-state index is -3.73. The first-order valence-electron chi connectivity index (χ1n) is 7.16. The zero-order valence-electron chi connectivity index (χ0n) is 12.8. The Labute approximate surface area is 141 Å². The van der Waals surface area contributed by atoms with Crippen molar-refractivity contribution in [3.05, 3.63) is 24.0 Å². The second kappa shape index (κ2) is 8.58. The highest BCUT2D eigenvalue weighted by Crippen LogP contribution is 2.20. The second-order valence-electron chi connectivity index (χ2n) is 5.39. The maximum absolute atomic E-state index is 13.6. The van der Waals surface area contributed by atoms with E-state index in [0.717, 1.165) is 38.1 Å². The third kappa shape index (κ3) is 5.72. The number of amides is 1.